The molecule has 0 radical (unpaired) electrons. The summed E-state index contributed by atoms with van der Waals surface area (Å²) in [5.41, 5.74) is 0. The van der Waals surface area contributed by atoms with E-state index in [4.69, 9.17) is 0 Å². The van der Waals surface area contributed by atoms with Gasteiger partial charge in [0.05, 0.1) is 0 Å². The maximum Gasteiger partial charge on any atom is -0.0352 e. The van der Waals surface area contributed by atoms with Crippen LogP contribution in [0.2, 0.25) is 0 Å². The van der Waals surface area contributed by atoms with E-state index in [1.807, 2.05) is 13.8 Å². The molecule has 0 N–H and O–H groups in total. The van der Waals surface area contributed by atoms with Gasteiger partial charge in [0, 0.05) is 0 Å². The van der Waals surface area contributed by atoms with Gasteiger partial charge in [-0.05, 0) is 61.2 Å². The van der Waals surface area contributed by atoms with Gasteiger partial charge >= 0.3 is 0 Å². The van der Waals surface area contributed by atoms with Gasteiger partial charge < -0.3 is 0 Å². The first-order valence-electron chi connectivity index (χ1n) is 9.72. The van der Waals surface area contributed by atoms with Crippen molar-refractivity contribution in [3.63, 3.8) is 0 Å². The van der Waals surface area contributed by atoms with Crippen molar-refractivity contribution in [3.05, 3.63) is 0 Å². The summed E-state index contributed by atoms with van der Waals surface area (Å²) in [6.07, 6.45) is 11.9. The van der Waals surface area contributed by atoms with E-state index in [9.17, 15) is 0 Å². The summed E-state index contributed by atoms with van der Waals surface area (Å²) >= 11 is 0. The molecule has 0 aromatic heterocycles. The molecule has 0 amide bonds. The van der Waals surface area contributed by atoms with Crippen LogP contribution < -0.4 is 0 Å². The lowest BCUT2D eigenvalue weighted by atomic mass is 9.55. The predicted octanol–water partition coefficient (Wildman–Crippen LogP) is 6.94. The molecular weight excluding hydrogens is 240 g/mol. The normalized spacial score (nSPS) is 40.5. The fourth-order valence-electron chi connectivity index (χ4n) is 5.54. The molecule has 0 spiro atoms. The van der Waals surface area contributed by atoms with Crippen LogP contribution in [0, 0.1) is 35.5 Å². The first-order chi connectivity index (χ1) is 9.72. The molecule has 120 valence electrons. The van der Waals surface area contributed by atoms with Gasteiger partial charge in [0.25, 0.3) is 0 Å². The van der Waals surface area contributed by atoms with Crippen molar-refractivity contribution in [2.24, 2.45) is 35.5 Å². The fraction of sp³-hybridized carbons (Fsp3) is 1.00. The Morgan fingerprint density at radius 3 is 1.90 bits per heavy atom. The lowest BCUT2D eigenvalue weighted by Crippen LogP contribution is -2.42. The van der Waals surface area contributed by atoms with Gasteiger partial charge in [-0.25, -0.2) is 0 Å². The van der Waals surface area contributed by atoms with Gasteiger partial charge in [0.15, 0.2) is 0 Å². The highest BCUT2D eigenvalue weighted by Crippen LogP contribution is 2.52. The van der Waals surface area contributed by atoms with Crippen molar-refractivity contribution in [2.75, 3.05) is 0 Å². The molecule has 0 aliphatic heterocycles. The van der Waals surface area contributed by atoms with Crippen molar-refractivity contribution in [2.45, 2.75) is 92.9 Å². The van der Waals surface area contributed by atoms with Gasteiger partial charge in [0.2, 0.25) is 0 Å². The Hall–Kier alpha value is 0. The molecule has 0 nitrogen and oxygen atoms in total. The van der Waals surface area contributed by atoms with Gasteiger partial charge in [0.1, 0.15) is 0 Å². The summed E-state index contributed by atoms with van der Waals surface area (Å²) in [4.78, 5) is 0. The van der Waals surface area contributed by atoms with Crippen LogP contribution in [0.1, 0.15) is 92.9 Å². The van der Waals surface area contributed by atoms with E-state index in [1.54, 1.807) is 12.8 Å². The first-order valence-corrected chi connectivity index (χ1v) is 9.72. The third-order valence-electron chi connectivity index (χ3n) is 6.52. The van der Waals surface area contributed by atoms with Crippen molar-refractivity contribution in [3.8, 4) is 0 Å². The van der Waals surface area contributed by atoms with Crippen LogP contribution in [-0.2, 0) is 0 Å². The maximum atomic E-state index is 2.57. The minimum atomic E-state index is 1.00. The van der Waals surface area contributed by atoms with E-state index >= 15 is 0 Å². The van der Waals surface area contributed by atoms with Crippen LogP contribution in [-0.4, -0.2) is 0 Å². The Morgan fingerprint density at radius 2 is 1.35 bits per heavy atom. The summed E-state index contributed by atoms with van der Waals surface area (Å²) in [5.74, 6) is 6.31. The lowest BCUT2D eigenvalue weighted by molar-refractivity contribution is -0.00997. The van der Waals surface area contributed by atoms with E-state index in [0.29, 0.717) is 0 Å². The fourth-order valence-corrected chi connectivity index (χ4v) is 5.54. The molecule has 20 heavy (non-hydrogen) atoms. The molecule has 2 rings (SSSR count). The Kier molecular flexibility index (Phi) is 8.22. The molecule has 0 aromatic carbocycles. The highest BCUT2D eigenvalue weighted by molar-refractivity contribution is 4.93. The molecule has 6 atom stereocenters. The van der Waals surface area contributed by atoms with Crippen LogP contribution in [0.4, 0.5) is 0 Å². The van der Waals surface area contributed by atoms with Crippen molar-refractivity contribution in [1.29, 1.82) is 0 Å². The first kappa shape index (κ1) is 18.1. The van der Waals surface area contributed by atoms with Gasteiger partial charge in [-0.3, -0.25) is 0 Å². The van der Waals surface area contributed by atoms with E-state index in [-0.39, 0.29) is 0 Å². The summed E-state index contributed by atoms with van der Waals surface area (Å²) in [6.45, 7) is 13.8. The highest BCUT2D eigenvalue weighted by atomic mass is 14.5. The molecule has 6 unspecified atom stereocenters. The Balaban J connectivity index is 0.000000956. The largest absolute Gasteiger partial charge is 0.0683 e. The number of rotatable bonds is 4. The Morgan fingerprint density at radius 1 is 0.750 bits per heavy atom. The van der Waals surface area contributed by atoms with E-state index in [2.05, 4.69) is 27.7 Å². The SMILES string of the molecule is CC.CCCC1CCC2C(C)C(CC)CCC2C1CC. The molecular formula is C20H40. The molecule has 0 heteroatoms. The van der Waals surface area contributed by atoms with Gasteiger partial charge in [-0.15, -0.1) is 0 Å². The van der Waals surface area contributed by atoms with E-state index in [0.717, 1.165) is 35.5 Å². The lowest BCUT2D eigenvalue weighted by Gasteiger charge is -2.51. The Bertz CT molecular complexity index is 240. The van der Waals surface area contributed by atoms with Crippen LogP contribution >= 0.6 is 0 Å². The van der Waals surface area contributed by atoms with E-state index in [1.165, 1.54) is 38.5 Å². The molecule has 2 aliphatic rings. The molecule has 0 bridgehead atoms. The van der Waals surface area contributed by atoms with Crippen LogP contribution in [0.3, 0.4) is 0 Å². The zero-order chi connectivity index (χ0) is 15.1. The maximum absolute atomic E-state index is 2.57. The van der Waals surface area contributed by atoms with Crippen molar-refractivity contribution >= 4 is 0 Å². The molecule has 2 aliphatic carbocycles. The summed E-state index contributed by atoms with van der Waals surface area (Å²) in [7, 11) is 0. The Labute approximate surface area is 129 Å². The zero-order valence-electron chi connectivity index (χ0n) is 15.1. The minimum absolute atomic E-state index is 1.00. The zero-order valence-corrected chi connectivity index (χ0v) is 15.1. The molecule has 2 saturated carbocycles. The van der Waals surface area contributed by atoms with Crippen LogP contribution in [0.5, 0.6) is 0 Å². The second-order valence-electron chi connectivity index (χ2n) is 7.13. The van der Waals surface area contributed by atoms with Gasteiger partial charge in [-0.2, -0.15) is 0 Å². The molecule has 0 heterocycles. The second-order valence-corrected chi connectivity index (χ2v) is 7.13. The van der Waals surface area contributed by atoms with Crippen molar-refractivity contribution < 1.29 is 0 Å². The quantitative estimate of drug-likeness (QED) is 0.523. The average Bonchev–Trinajstić information content (AvgIpc) is 2.50. The van der Waals surface area contributed by atoms with Crippen LogP contribution in [0.15, 0.2) is 0 Å². The summed E-state index contributed by atoms with van der Waals surface area (Å²) < 4.78 is 0. The van der Waals surface area contributed by atoms with Crippen LogP contribution in [0.25, 0.3) is 0 Å². The number of hydrogen-bond donors (Lipinski definition) is 0. The molecule has 0 saturated heterocycles. The summed E-state index contributed by atoms with van der Waals surface area (Å²) in [6, 6.07) is 0. The standard InChI is InChI=1S/C18H34.C2H6/c1-5-8-15-10-11-17-13(4)14(6-2)9-12-18(17)16(15)7-3;1-2/h13-18H,5-12H2,1-4H3;1-2H3. The van der Waals surface area contributed by atoms with Crippen molar-refractivity contribution in [1.82, 2.24) is 0 Å². The second kappa shape index (κ2) is 9.11. The molecule has 2 fully saturated rings. The van der Waals surface area contributed by atoms with Gasteiger partial charge in [-0.1, -0.05) is 67.2 Å². The average molecular weight is 281 g/mol. The molecule has 0 aromatic rings. The minimum Gasteiger partial charge on any atom is -0.0683 e. The third kappa shape index (κ3) is 3.80. The number of fused-ring (bicyclic) bond motifs is 1. The third-order valence-corrected chi connectivity index (χ3v) is 6.52. The smallest absolute Gasteiger partial charge is 0.0352 e. The topological polar surface area (TPSA) is 0 Å². The monoisotopic (exact) mass is 280 g/mol. The predicted molar refractivity (Wildman–Crippen MR) is 91.9 cm³/mol. The van der Waals surface area contributed by atoms with E-state index < -0.39 is 0 Å². The number of hydrogen-bond acceptors (Lipinski definition) is 0. The summed E-state index contributed by atoms with van der Waals surface area (Å²) in [5, 5.41) is 0. The highest BCUT2D eigenvalue weighted by Gasteiger charge is 2.43.